The molecule has 1 aromatic carbocycles. The van der Waals surface area contributed by atoms with Gasteiger partial charge in [0.2, 0.25) is 0 Å². The van der Waals surface area contributed by atoms with E-state index in [0.29, 0.717) is 34.1 Å². The van der Waals surface area contributed by atoms with Gasteiger partial charge < -0.3 is 14.6 Å². The predicted molar refractivity (Wildman–Crippen MR) is 129 cm³/mol. The van der Waals surface area contributed by atoms with Crippen LogP contribution in [0.2, 0.25) is 0 Å². The normalized spacial score (nSPS) is 16.0. The van der Waals surface area contributed by atoms with Crippen LogP contribution in [-0.2, 0) is 9.59 Å². The van der Waals surface area contributed by atoms with Crippen LogP contribution < -0.4 is 9.47 Å². The summed E-state index contributed by atoms with van der Waals surface area (Å²) in [6.45, 7) is 3.82. The van der Waals surface area contributed by atoms with E-state index < -0.39 is 17.9 Å². The number of para-hydroxylation sites is 1. The Labute approximate surface area is 196 Å². The van der Waals surface area contributed by atoms with Crippen LogP contribution in [0.4, 0.5) is 0 Å². The lowest BCUT2D eigenvalue weighted by atomic mass is 10.0. The molecular formula is C23H24N2O5S2. The summed E-state index contributed by atoms with van der Waals surface area (Å²) in [5.41, 5.74) is 2.17. The fourth-order valence-corrected chi connectivity index (χ4v) is 4.76. The summed E-state index contributed by atoms with van der Waals surface area (Å²) >= 11 is 6.42. The molecule has 0 spiro atoms. The van der Waals surface area contributed by atoms with E-state index in [1.807, 2.05) is 44.2 Å². The number of rotatable bonds is 8. The molecule has 1 aliphatic heterocycles. The van der Waals surface area contributed by atoms with Crippen molar-refractivity contribution in [3.8, 4) is 22.8 Å². The number of aliphatic carboxylic acids is 1. The van der Waals surface area contributed by atoms with Crippen molar-refractivity contribution in [2.75, 3.05) is 14.2 Å². The van der Waals surface area contributed by atoms with E-state index in [2.05, 4.69) is 4.98 Å². The summed E-state index contributed by atoms with van der Waals surface area (Å²) < 4.78 is 11.1. The number of ether oxygens (including phenoxy) is 2. The molecule has 0 saturated carbocycles. The minimum absolute atomic E-state index is 0.107. The van der Waals surface area contributed by atoms with Crippen molar-refractivity contribution in [3.05, 3.63) is 47.0 Å². The maximum Gasteiger partial charge on any atom is 0.326 e. The lowest BCUT2D eigenvalue weighted by Crippen LogP contribution is -2.44. The molecule has 2 heterocycles. The van der Waals surface area contributed by atoms with Crippen LogP contribution in [0.1, 0.15) is 25.8 Å². The average Bonchev–Trinajstić information content (AvgIpc) is 3.04. The molecule has 2 aromatic rings. The second-order valence-corrected chi connectivity index (χ2v) is 9.23. The van der Waals surface area contributed by atoms with Crippen molar-refractivity contribution in [2.24, 2.45) is 5.92 Å². The van der Waals surface area contributed by atoms with E-state index in [4.69, 9.17) is 21.7 Å². The van der Waals surface area contributed by atoms with Crippen molar-refractivity contribution in [2.45, 2.75) is 26.3 Å². The molecule has 0 aliphatic carbocycles. The summed E-state index contributed by atoms with van der Waals surface area (Å²) in [7, 11) is 3.14. The summed E-state index contributed by atoms with van der Waals surface area (Å²) in [4.78, 5) is 30.7. The number of benzene rings is 1. The van der Waals surface area contributed by atoms with Crippen molar-refractivity contribution >= 4 is 46.3 Å². The predicted octanol–water partition coefficient (Wildman–Crippen LogP) is 4.47. The third-order valence-electron chi connectivity index (χ3n) is 4.88. The Morgan fingerprint density at radius 2 is 2.00 bits per heavy atom. The van der Waals surface area contributed by atoms with Crippen molar-refractivity contribution < 1.29 is 24.2 Å². The highest BCUT2D eigenvalue weighted by Crippen LogP contribution is 2.38. The number of thiocarbonyl (C=S) groups is 1. The molecule has 1 N–H and O–H groups in total. The number of amides is 1. The minimum atomic E-state index is -1.06. The fourth-order valence-electron chi connectivity index (χ4n) is 3.40. The highest BCUT2D eigenvalue weighted by Gasteiger charge is 2.40. The number of hydrogen-bond acceptors (Lipinski definition) is 7. The second kappa shape index (κ2) is 10.1. The first-order valence-corrected chi connectivity index (χ1v) is 11.2. The smallest absolute Gasteiger partial charge is 0.326 e. The zero-order valence-electron chi connectivity index (χ0n) is 18.2. The van der Waals surface area contributed by atoms with Gasteiger partial charge in [0.1, 0.15) is 10.4 Å². The zero-order valence-corrected chi connectivity index (χ0v) is 19.8. The number of carbonyl (C=O) groups excluding carboxylic acids is 1. The Balaban J connectivity index is 1.87. The Morgan fingerprint density at radius 1 is 1.25 bits per heavy atom. The maximum absolute atomic E-state index is 12.9. The van der Waals surface area contributed by atoms with Crippen LogP contribution in [0.15, 0.2) is 41.4 Å². The van der Waals surface area contributed by atoms with Crippen LogP contribution in [-0.4, -0.2) is 51.4 Å². The number of aromatic nitrogens is 1. The molecule has 1 aromatic heterocycles. The number of thioether (sulfide) groups is 1. The van der Waals surface area contributed by atoms with Gasteiger partial charge in [-0.25, -0.2) is 4.79 Å². The third-order valence-corrected chi connectivity index (χ3v) is 6.21. The standard InChI is InChI=1S/C23H24N2O5S2/c1-13(2)10-17(22(27)28)25-21(26)19(32-23(25)31)11-14-8-9-16(24-12-14)15-6-5-7-18(29-3)20(15)30-4/h5-9,11-13,17H,10H2,1-4H3,(H,27,28)/b19-11+/t17-/m0/s1. The molecule has 168 valence electrons. The van der Waals surface area contributed by atoms with Gasteiger partial charge in [0.05, 0.1) is 24.8 Å². The molecule has 7 nitrogen and oxygen atoms in total. The molecule has 32 heavy (non-hydrogen) atoms. The summed E-state index contributed by atoms with van der Waals surface area (Å²) in [5, 5.41) is 9.60. The molecule has 9 heteroatoms. The average molecular weight is 473 g/mol. The Hall–Kier alpha value is -2.91. The number of carboxylic acid groups (broad SMARTS) is 1. The molecule has 0 bridgehead atoms. The zero-order chi connectivity index (χ0) is 23.4. The van der Waals surface area contributed by atoms with Gasteiger partial charge in [0.15, 0.2) is 11.5 Å². The van der Waals surface area contributed by atoms with E-state index in [-0.39, 0.29) is 10.2 Å². The van der Waals surface area contributed by atoms with Gasteiger partial charge in [-0.15, -0.1) is 0 Å². The second-order valence-electron chi connectivity index (χ2n) is 7.55. The minimum Gasteiger partial charge on any atom is -0.493 e. The molecule has 1 amide bonds. The molecule has 0 unspecified atom stereocenters. The molecule has 1 fully saturated rings. The molecule has 1 saturated heterocycles. The lowest BCUT2D eigenvalue weighted by molar-refractivity contribution is -0.145. The quantitative estimate of drug-likeness (QED) is 0.445. The van der Waals surface area contributed by atoms with Crippen LogP contribution in [0.25, 0.3) is 17.3 Å². The first kappa shape index (κ1) is 23.7. The van der Waals surface area contributed by atoms with Gasteiger partial charge >= 0.3 is 5.97 Å². The summed E-state index contributed by atoms with van der Waals surface area (Å²) in [6, 6.07) is 8.22. The highest BCUT2D eigenvalue weighted by atomic mass is 32.2. The molecule has 1 atom stereocenters. The Bertz CT molecular complexity index is 1070. The SMILES string of the molecule is COc1cccc(-c2ccc(/C=C3/SC(=S)N([C@@H](CC(C)C)C(=O)O)C3=O)cn2)c1OC. The third kappa shape index (κ3) is 4.94. The van der Waals surface area contributed by atoms with E-state index >= 15 is 0 Å². The van der Waals surface area contributed by atoms with Crippen LogP contribution in [0, 0.1) is 5.92 Å². The van der Waals surface area contributed by atoms with Crippen molar-refractivity contribution in [1.82, 2.24) is 9.88 Å². The van der Waals surface area contributed by atoms with Crippen LogP contribution in [0.3, 0.4) is 0 Å². The number of pyridine rings is 1. The Morgan fingerprint density at radius 3 is 2.56 bits per heavy atom. The largest absolute Gasteiger partial charge is 0.493 e. The number of hydrogen-bond donors (Lipinski definition) is 1. The first-order valence-electron chi connectivity index (χ1n) is 9.94. The topological polar surface area (TPSA) is 89.0 Å². The van der Waals surface area contributed by atoms with E-state index in [1.165, 1.54) is 4.90 Å². The van der Waals surface area contributed by atoms with Gasteiger partial charge in [0.25, 0.3) is 5.91 Å². The summed E-state index contributed by atoms with van der Waals surface area (Å²) in [5.74, 6) is -0.161. The summed E-state index contributed by atoms with van der Waals surface area (Å²) in [6.07, 6.45) is 3.64. The van der Waals surface area contributed by atoms with Crippen molar-refractivity contribution in [1.29, 1.82) is 0 Å². The van der Waals surface area contributed by atoms with E-state index in [1.54, 1.807) is 26.5 Å². The van der Waals surface area contributed by atoms with Gasteiger partial charge in [0, 0.05) is 11.8 Å². The number of carboxylic acids is 1. The van der Waals surface area contributed by atoms with E-state index in [0.717, 1.165) is 17.3 Å². The van der Waals surface area contributed by atoms with Crippen LogP contribution in [0.5, 0.6) is 11.5 Å². The van der Waals surface area contributed by atoms with Crippen molar-refractivity contribution in [3.63, 3.8) is 0 Å². The van der Waals surface area contributed by atoms with Gasteiger partial charge in [-0.05, 0) is 42.2 Å². The Kier molecular flexibility index (Phi) is 7.52. The maximum atomic E-state index is 12.9. The monoisotopic (exact) mass is 472 g/mol. The molecule has 1 aliphatic rings. The highest BCUT2D eigenvalue weighted by molar-refractivity contribution is 8.26. The molecule has 0 radical (unpaired) electrons. The number of carbonyl (C=O) groups is 2. The fraction of sp³-hybridized carbons (Fsp3) is 0.304. The first-order chi connectivity index (χ1) is 15.3. The number of methoxy groups -OCH3 is 2. The lowest BCUT2D eigenvalue weighted by Gasteiger charge is -2.24. The van der Waals surface area contributed by atoms with Gasteiger partial charge in [-0.1, -0.05) is 50.0 Å². The van der Waals surface area contributed by atoms with Gasteiger partial charge in [-0.2, -0.15) is 0 Å². The van der Waals surface area contributed by atoms with E-state index in [9.17, 15) is 14.7 Å². The van der Waals surface area contributed by atoms with Gasteiger partial charge in [-0.3, -0.25) is 14.7 Å². The number of nitrogens with zero attached hydrogens (tertiary/aromatic N) is 2. The molecule has 3 rings (SSSR count). The molecular weight excluding hydrogens is 448 g/mol. The van der Waals surface area contributed by atoms with Crippen LogP contribution >= 0.6 is 24.0 Å².